The summed E-state index contributed by atoms with van der Waals surface area (Å²) in [5.74, 6) is -1.71. The van der Waals surface area contributed by atoms with Crippen molar-refractivity contribution < 1.29 is 19.1 Å². The molecule has 41 heavy (non-hydrogen) atoms. The fourth-order valence-corrected chi connectivity index (χ4v) is 6.27. The fourth-order valence-electron chi connectivity index (χ4n) is 6.27. The van der Waals surface area contributed by atoms with Gasteiger partial charge in [-0.05, 0) is 59.9 Å². The van der Waals surface area contributed by atoms with Crippen LogP contribution >= 0.6 is 0 Å². The van der Waals surface area contributed by atoms with E-state index in [9.17, 15) is 14.4 Å². The van der Waals surface area contributed by atoms with Crippen molar-refractivity contribution >= 4 is 41.1 Å². The lowest BCUT2D eigenvalue weighted by molar-refractivity contribution is -0.144. The predicted molar refractivity (Wildman–Crippen MR) is 157 cm³/mol. The zero-order valence-electron chi connectivity index (χ0n) is 22.5. The van der Waals surface area contributed by atoms with Crippen LogP contribution in [0.15, 0.2) is 102 Å². The van der Waals surface area contributed by atoms with E-state index >= 15 is 0 Å². The van der Waals surface area contributed by atoms with Gasteiger partial charge in [-0.2, -0.15) is 0 Å². The van der Waals surface area contributed by atoms with Gasteiger partial charge in [-0.25, -0.2) is 9.78 Å². The lowest BCUT2D eigenvalue weighted by Gasteiger charge is -2.31. The number of amides is 1. The minimum Gasteiger partial charge on any atom is -0.463 e. The molecule has 1 amide bonds. The molecule has 0 N–H and O–H groups in total. The van der Waals surface area contributed by atoms with Crippen molar-refractivity contribution in [3.63, 3.8) is 0 Å². The van der Waals surface area contributed by atoms with E-state index in [0.717, 1.165) is 28.7 Å². The fraction of sp³-hybridized carbons (Fsp3) is 0.143. The quantitative estimate of drug-likeness (QED) is 0.309. The molecule has 1 aliphatic heterocycles. The van der Waals surface area contributed by atoms with Crippen LogP contribution in [0.5, 0.6) is 0 Å². The summed E-state index contributed by atoms with van der Waals surface area (Å²) in [7, 11) is 0. The van der Waals surface area contributed by atoms with Crippen molar-refractivity contribution in [3.8, 4) is 0 Å². The molecule has 3 aliphatic carbocycles. The van der Waals surface area contributed by atoms with Gasteiger partial charge in [-0.1, -0.05) is 78.9 Å². The monoisotopic (exact) mass is 538 g/mol. The first kappa shape index (κ1) is 24.9. The summed E-state index contributed by atoms with van der Waals surface area (Å²) < 4.78 is 5.58. The number of rotatable bonds is 5. The van der Waals surface area contributed by atoms with Crippen molar-refractivity contribution in [3.05, 3.63) is 136 Å². The van der Waals surface area contributed by atoms with Gasteiger partial charge in [0.05, 0.1) is 35.8 Å². The molecule has 6 heteroatoms. The van der Waals surface area contributed by atoms with Gasteiger partial charge in [0.15, 0.2) is 11.2 Å². The van der Waals surface area contributed by atoms with Crippen LogP contribution in [0.1, 0.15) is 47.0 Å². The Balaban J connectivity index is 1.53. The molecule has 0 saturated heterocycles. The van der Waals surface area contributed by atoms with Gasteiger partial charge in [0, 0.05) is 11.1 Å². The third-order valence-electron chi connectivity index (χ3n) is 8.05. The number of hydrogen-bond acceptors (Lipinski definition) is 5. The normalized spacial score (nSPS) is 20.2. The summed E-state index contributed by atoms with van der Waals surface area (Å²) in [5, 5.41) is 0. The Kier molecular flexibility index (Phi) is 5.78. The third-order valence-corrected chi connectivity index (χ3v) is 8.05. The van der Waals surface area contributed by atoms with Crippen LogP contribution in [0, 0.1) is 0 Å². The maximum Gasteiger partial charge on any atom is 0.338 e. The third kappa shape index (κ3) is 3.64. The number of ketones is 1. The Labute approximate surface area is 237 Å². The number of ether oxygens (including phenoxy) is 1. The van der Waals surface area contributed by atoms with Crippen LogP contribution in [0.25, 0.3) is 23.4 Å². The maximum atomic E-state index is 14.9. The van der Waals surface area contributed by atoms with Crippen molar-refractivity contribution in [1.29, 1.82) is 0 Å². The molecule has 7 rings (SSSR count). The number of nitrogens with zero attached hydrogens (tertiary/aromatic N) is 2. The molecular formula is C35H26N2O4. The number of fused-ring (bicyclic) bond motifs is 5. The van der Waals surface area contributed by atoms with E-state index in [0.29, 0.717) is 22.5 Å². The highest BCUT2D eigenvalue weighted by Gasteiger charge is 2.63. The molecule has 200 valence electrons. The first-order valence-electron chi connectivity index (χ1n) is 13.7. The topological polar surface area (TPSA) is 76.6 Å². The number of carbonyl (C=O) groups excluding carboxylic acids is 3. The molecule has 2 aromatic carbocycles. The van der Waals surface area contributed by atoms with Crippen LogP contribution in [-0.2, 0) is 31.1 Å². The van der Waals surface area contributed by atoms with Crippen molar-refractivity contribution in [2.75, 3.05) is 6.61 Å². The van der Waals surface area contributed by atoms with Gasteiger partial charge in [0.1, 0.15) is 0 Å². The Morgan fingerprint density at radius 3 is 2.51 bits per heavy atom. The van der Waals surface area contributed by atoms with Crippen molar-refractivity contribution in [2.45, 2.75) is 25.3 Å². The summed E-state index contributed by atoms with van der Waals surface area (Å²) in [4.78, 5) is 49.7. The molecule has 0 bridgehead atoms. The first-order valence-corrected chi connectivity index (χ1v) is 13.7. The minimum absolute atomic E-state index is 0.0123. The van der Waals surface area contributed by atoms with Crippen LogP contribution in [0.3, 0.4) is 0 Å². The Hall–Kier alpha value is -5.10. The van der Waals surface area contributed by atoms with Crippen molar-refractivity contribution in [1.82, 2.24) is 9.88 Å². The van der Waals surface area contributed by atoms with Gasteiger partial charge in [-0.15, -0.1) is 0 Å². The second-order valence-corrected chi connectivity index (χ2v) is 10.4. The Morgan fingerprint density at radius 2 is 1.76 bits per heavy atom. The average molecular weight is 539 g/mol. The van der Waals surface area contributed by atoms with E-state index in [4.69, 9.17) is 9.72 Å². The number of aromatic nitrogens is 1. The lowest BCUT2D eigenvalue weighted by Crippen LogP contribution is -2.50. The van der Waals surface area contributed by atoms with E-state index < -0.39 is 23.1 Å². The van der Waals surface area contributed by atoms with E-state index in [1.807, 2.05) is 78.9 Å². The van der Waals surface area contributed by atoms with Crippen LogP contribution in [0.2, 0.25) is 0 Å². The molecule has 0 fully saturated rings. The molecule has 1 atom stereocenters. The second kappa shape index (κ2) is 9.52. The number of allylic oxidation sites excluding steroid dienone is 6. The molecule has 1 aromatic heterocycles. The molecule has 0 radical (unpaired) electrons. The lowest BCUT2D eigenvalue weighted by atomic mass is 9.69. The number of hydrogen-bond donors (Lipinski definition) is 0. The predicted octanol–water partition coefficient (Wildman–Crippen LogP) is 5.67. The van der Waals surface area contributed by atoms with E-state index in [-0.39, 0.29) is 24.4 Å². The zero-order chi connectivity index (χ0) is 28.1. The summed E-state index contributed by atoms with van der Waals surface area (Å²) in [6, 6.07) is 20.8. The van der Waals surface area contributed by atoms with Gasteiger partial charge in [0.2, 0.25) is 0 Å². The number of esters is 1. The van der Waals surface area contributed by atoms with Crippen molar-refractivity contribution in [2.24, 2.45) is 0 Å². The van der Waals surface area contributed by atoms with Gasteiger partial charge >= 0.3 is 5.97 Å². The molecule has 6 nitrogen and oxygen atoms in total. The van der Waals surface area contributed by atoms with Crippen LogP contribution in [-0.4, -0.2) is 34.2 Å². The average Bonchev–Trinajstić information content (AvgIpc) is 3.48. The molecule has 1 spiro atoms. The maximum absolute atomic E-state index is 14.9. The van der Waals surface area contributed by atoms with Gasteiger partial charge < -0.3 is 9.64 Å². The summed E-state index contributed by atoms with van der Waals surface area (Å²) >= 11 is 0. The molecule has 4 aliphatic rings. The van der Waals surface area contributed by atoms with E-state index in [2.05, 4.69) is 12.2 Å². The Bertz CT molecular complexity index is 1790. The number of benzene rings is 2. The highest BCUT2D eigenvalue weighted by atomic mass is 16.5. The first-order chi connectivity index (χ1) is 20.0. The summed E-state index contributed by atoms with van der Waals surface area (Å²) in [5.41, 5.74) is 4.57. The molecule has 1 unspecified atom stereocenters. The molecule has 3 aromatic rings. The van der Waals surface area contributed by atoms with Gasteiger partial charge in [0.25, 0.3) is 5.91 Å². The largest absolute Gasteiger partial charge is 0.463 e. The summed E-state index contributed by atoms with van der Waals surface area (Å²) in [6.45, 7) is 1.98. The Morgan fingerprint density at radius 1 is 1.00 bits per heavy atom. The van der Waals surface area contributed by atoms with Gasteiger partial charge in [-0.3, -0.25) is 9.59 Å². The smallest absolute Gasteiger partial charge is 0.338 e. The SMILES string of the molecule is CCOC(=O)C1=C(c2ccccc2)N(Cc2ccccc2)C(=O)C12C(=O)C=Cc1cc3c(nc12)C1=CC=CCC1=C3. The molecular weight excluding hydrogens is 512 g/mol. The van der Waals surface area contributed by atoms with Crippen LogP contribution in [0.4, 0.5) is 0 Å². The molecule has 2 heterocycles. The zero-order valence-corrected chi connectivity index (χ0v) is 22.5. The summed E-state index contributed by atoms with van der Waals surface area (Å²) in [6.07, 6.45) is 12.1. The van der Waals surface area contributed by atoms with E-state index in [1.54, 1.807) is 17.9 Å². The standard InChI is InChI=1S/C35H26N2O4/c1-2-41-33(39)29-31(23-13-7-4-8-14-23)37(21-22-11-5-3-6-12-22)34(40)35(29)28(38)18-17-25-20-26-19-24-15-9-10-16-27(24)30(26)36-32(25)35/h3-14,16-20H,2,15,21H2,1H3. The van der Waals surface area contributed by atoms with E-state index in [1.165, 1.54) is 6.08 Å². The second-order valence-electron chi connectivity index (χ2n) is 10.4. The highest BCUT2D eigenvalue weighted by molar-refractivity contribution is 6.31. The minimum atomic E-state index is -1.97. The number of carbonyl (C=O) groups is 3. The highest BCUT2D eigenvalue weighted by Crippen LogP contribution is 2.52. The van der Waals surface area contributed by atoms with Crippen LogP contribution < -0.4 is 0 Å². The number of pyridine rings is 1. The molecule has 0 saturated carbocycles.